The number of unbranched alkanes of at least 4 members (excludes halogenated alkanes) is 17. The minimum absolute atomic E-state index is 0.971. The van der Waals surface area contributed by atoms with Gasteiger partial charge in [0.15, 0.2) is 0 Å². The molecule has 0 aromatic rings. The van der Waals surface area contributed by atoms with Crippen LogP contribution < -0.4 is 0 Å². The molecule has 0 saturated heterocycles. The zero-order valence-electron chi connectivity index (χ0n) is 18.4. The summed E-state index contributed by atoms with van der Waals surface area (Å²) in [4.78, 5) is 0. The highest BCUT2D eigenvalue weighted by atomic mass is 14.1. The van der Waals surface area contributed by atoms with E-state index in [-0.39, 0.29) is 0 Å². The van der Waals surface area contributed by atoms with Crippen molar-refractivity contribution in [2.45, 2.75) is 156 Å². The molecule has 0 rings (SSSR count). The molecule has 0 saturated carbocycles. The van der Waals surface area contributed by atoms with Crippen molar-refractivity contribution in [1.29, 1.82) is 0 Å². The van der Waals surface area contributed by atoms with E-state index in [1.165, 1.54) is 135 Å². The van der Waals surface area contributed by atoms with E-state index < -0.39 is 0 Å². The molecule has 0 aliphatic heterocycles. The van der Waals surface area contributed by atoms with E-state index in [1.54, 1.807) is 0 Å². The molecule has 1 atom stereocenters. The Bertz CT molecular complexity index is 220. The Hall–Kier alpha value is 0. The Morgan fingerprint density at radius 3 is 0.880 bits per heavy atom. The van der Waals surface area contributed by atoms with E-state index in [4.69, 9.17) is 0 Å². The quantitative estimate of drug-likeness (QED) is 0.180. The summed E-state index contributed by atoms with van der Waals surface area (Å²) < 4.78 is 0. The zero-order valence-corrected chi connectivity index (χ0v) is 18.4. The fraction of sp³-hybridized carbons (Fsp3) is 1.00. The molecular formula is C25H52. The summed E-state index contributed by atoms with van der Waals surface area (Å²) in [5, 5.41) is 0. The average molecular weight is 353 g/mol. The fourth-order valence-corrected chi connectivity index (χ4v) is 3.93. The minimum Gasteiger partial charge on any atom is -0.0654 e. The van der Waals surface area contributed by atoms with E-state index >= 15 is 0 Å². The van der Waals surface area contributed by atoms with Crippen LogP contribution in [0.25, 0.3) is 0 Å². The van der Waals surface area contributed by atoms with Crippen LogP contribution in [0.3, 0.4) is 0 Å². The van der Waals surface area contributed by atoms with E-state index in [0.29, 0.717) is 0 Å². The molecule has 152 valence electrons. The Balaban J connectivity index is 3.09. The fourth-order valence-electron chi connectivity index (χ4n) is 3.93. The van der Waals surface area contributed by atoms with Crippen LogP contribution in [0.4, 0.5) is 0 Å². The van der Waals surface area contributed by atoms with Crippen LogP contribution in [0.1, 0.15) is 156 Å². The van der Waals surface area contributed by atoms with Gasteiger partial charge in [0.1, 0.15) is 0 Å². The zero-order chi connectivity index (χ0) is 18.4. The van der Waals surface area contributed by atoms with Gasteiger partial charge in [-0.05, 0) is 5.92 Å². The summed E-state index contributed by atoms with van der Waals surface area (Å²) in [6.07, 6.45) is 30.8. The van der Waals surface area contributed by atoms with E-state index in [2.05, 4.69) is 20.8 Å². The van der Waals surface area contributed by atoms with Gasteiger partial charge in [-0.3, -0.25) is 0 Å². The van der Waals surface area contributed by atoms with Gasteiger partial charge in [0.25, 0.3) is 0 Å². The van der Waals surface area contributed by atoms with Crippen LogP contribution in [-0.4, -0.2) is 0 Å². The van der Waals surface area contributed by atoms with Crippen molar-refractivity contribution in [3.8, 4) is 0 Å². The van der Waals surface area contributed by atoms with Gasteiger partial charge in [-0.25, -0.2) is 0 Å². The van der Waals surface area contributed by atoms with Crippen LogP contribution >= 0.6 is 0 Å². The number of hydrogen-bond acceptors (Lipinski definition) is 0. The second-order valence-electron chi connectivity index (χ2n) is 8.69. The third-order valence-electron chi connectivity index (χ3n) is 5.85. The highest BCUT2D eigenvalue weighted by Gasteiger charge is 2.02. The molecule has 0 radical (unpaired) electrons. The molecule has 25 heavy (non-hydrogen) atoms. The van der Waals surface area contributed by atoms with Gasteiger partial charge in [0.05, 0.1) is 0 Å². The summed E-state index contributed by atoms with van der Waals surface area (Å²) in [5.74, 6) is 0.971. The van der Waals surface area contributed by atoms with Gasteiger partial charge in [-0.2, -0.15) is 0 Å². The molecule has 0 amide bonds. The summed E-state index contributed by atoms with van der Waals surface area (Å²) >= 11 is 0. The third-order valence-corrected chi connectivity index (χ3v) is 5.85. The van der Waals surface area contributed by atoms with Gasteiger partial charge in [-0.1, -0.05) is 156 Å². The number of hydrogen-bond donors (Lipinski definition) is 0. The second-order valence-corrected chi connectivity index (χ2v) is 8.69. The predicted octanol–water partition coefficient (Wildman–Crippen LogP) is 9.85. The van der Waals surface area contributed by atoms with Crippen LogP contribution in [0.2, 0.25) is 0 Å². The van der Waals surface area contributed by atoms with Gasteiger partial charge in [0, 0.05) is 0 Å². The maximum Gasteiger partial charge on any atom is -0.0443 e. The summed E-state index contributed by atoms with van der Waals surface area (Å²) in [6.45, 7) is 7.08. The minimum atomic E-state index is 0.971. The van der Waals surface area contributed by atoms with Crippen molar-refractivity contribution < 1.29 is 0 Å². The topological polar surface area (TPSA) is 0 Å². The van der Waals surface area contributed by atoms with Crippen LogP contribution in [0, 0.1) is 5.92 Å². The smallest absolute Gasteiger partial charge is 0.0443 e. The van der Waals surface area contributed by atoms with Gasteiger partial charge in [-0.15, -0.1) is 0 Å². The van der Waals surface area contributed by atoms with Crippen molar-refractivity contribution in [2.24, 2.45) is 5.92 Å². The first-order valence-electron chi connectivity index (χ1n) is 12.3. The van der Waals surface area contributed by atoms with Crippen LogP contribution in [0.15, 0.2) is 0 Å². The summed E-state index contributed by atoms with van der Waals surface area (Å²) in [6, 6.07) is 0. The lowest BCUT2D eigenvalue weighted by molar-refractivity contribution is 0.430. The molecule has 0 heteroatoms. The molecule has 0 N–H and O–H groups in total. The normalized spacial score (nSPS) is 12.6. The maximum absolute atomic E-state index is 2.48. The standard InChI is InChI=1S/C25H52/c1-4-6-8-10-12-13-14-15-16-17-18-20-22-24-25(3)23-21-19-11-9-7-5-2/h25H,4-24H2,1-3H3. The lowest BCUT2D eigenvalue weighted by Gasteiger charge is -2.11. The average Bonchev–Trinajstić information content (AvgIpc) is 2.62. The first-order valence-corrected chi connectivity index (χ1v) is 12.3. The monoisotopic (exact) mass is 352 g/mol. The molecule has 0 spiro atoms. The molecule has 0 aromatic heterocycles. The molecule has 0 aromatic carbocycles. The van der Waals surface area contributed by atoms with Crippen molar-refractivity contribution in [3.05, 3.63) is 0 Å². The van der Waals surface area contributed by atoms with Crippen molar-refractivity contribution in [3.63, 3.8) is 0 Å². The van der Waals surface area contributed by atoms with Gasteiger partial charge >= 0.3 is 0 Å². The molecule has 0 heterocycles. The molecule has 0 nitrogen and oxygen atoms in total. The Kier molecular flexibility index (Phi) is 22.0. The lowest BCUT2D eigenvalue weighted by Crippen LogP contribution is -1.95. The predicted molar refractivity (Wildman–Crippen MR) is 117 cm³/mol. The first-order chi connectivity index (χ1) is 12.3. The first kappa shape index (κ1) is 25.0. The van der Waals surface area contributed by atoms with Crippen LogP contribution in [-0.2, 0) is 0 Å². The molecular weight excluding hydrogens is 300 g/mol. The van der Waals surface area contributed by atoms with Gasteiger partial charge < -0.3 is 0 Å². The SMILES string of the molecule is CCCCCCCCCCCCCCCC(C)CCCCCCCC. The lowest BCUT2D eigenvalue weighted by atomic mass is 9.96. The number of rotatable bonds is 21. The molecule has 1 unspecified atom stereocenters. The molecule has 0 aliphatic carbocycles. The molecule has 0 aliphatic rings. The van der Waals surface area contributed by atoms with E-state index in [0.717, 1.165) is 5.92 Å². The third kappa shape index (κ3) is 22.0. The van der Waals surface area contributed by atoms with Crippen molar-refractivity contribution >= 4 is 0 Å². The molecule has 0 fully saturated rings. The second kappa shape index (κ2) is 22.0. The van der Waals surface area contributed by atoms with Crippen molar-refractivity contribution in [1.82, 2.24) is 0 Å². The highest BCUT2D eigenvalue weighted by molar-refractivity contribution is 4.56. The Morgan fingerprint density at radius 1 is 0.360 bits per heavy atom. The Labute approximate surface area is 161 Å². The largest absolute Gasteiger partial charge is 0.0654 e. The van der Waals surface area contributed by atoms with Crippen LogP contribution in [0.5, 0.6) is 0 Å². The summed E-state index contributed by atoms with van der Waals surface area (Å²) in [5.41, 5.74) is 0. The van der Waals surface area contributed by atoms with E-state index in [9.17, 15) is 0 Å². The summed E-state index contributed by atoms with van der Waals surface area (Å²) in [7, 11) is 0. The maximum atomic E-state index is 2.48. The molecule has 0 bridgehead atoms. The highest BCUT2D eigenvalue weighted by Crippen LogP contribution is 2.19. The van der Waals surface area contributed by atoms with Gasteiger partial charge in [0.2, 0.25) is 0 Å². The van der Waals surface area contributed by atoms with Crippen molar-refractivity contribution in [2.75, 3.05) is 0 Å². The van der Waals surface area contributed by atoms with E-state index in [1.807, 2.05) is 0 Å². The Morgan fingerprint density at radius 2 is 0.600 bits per heavy atom.